The van der Waals surface area contributed by atoms with Crippen molar-refractivity contribution in [3.05, 3.63) is 36.5 Å². The number of nitrogens with one attached hydrogen (secondary N) is 2. The fourth-order valence-corrected chi connectivity index (χ4v) is 3.61. The third kappa shape index (κ3) is 2.54. The summed E-state index contributed by atoms with van der Waals surface area (Å²) in [6.45, 7) is 3.11. The summed E-state index contributed by atoms with van der Waals surface area (Å²) in [5.41, 5.74) is 1.58. The van der Waals surface area contributed by atoms with Gasteiger partial charge in [-0.2, -0.15) is 5.10 Å². The molecular weight excluding hydrogens is 332 g/mol. The molecule has 134 valence electrons. The van der Waals surface area contributed by atoms with E-state index in [9.17, 15) is 5.11 Å². The fourth-order valence-electron chi connectivity index (χ4n) is 3.61. The number of aliphatic hydroxyl groups is 1. The number of aromatic nitrogens is 4. The lowest BCUT2D eigenvalue weighted by Gasteiger charge is -2.47. The van der Waals surface area contributed by atoms with E-state index in [2.05, 4.69) is 25.4 Å². The number of ether oxygens (including phenoxy) is 1. The maximum atomic E-state index is 10.6. The van der Waals surface area contributed by atoms with Gasteiger partial charge in [0.25, 0.3) is 0 Å². The summed E-state index contributed by atoms with van der Waals surface area (Å²) in [6.07, 6.45) is 1.74. The SMILES string of the molecule is OC1(C2CN(c3cccc(-c4n[nH]c5ncccc45)n3)CCN2)COC1. The van der Waals surface area contributed by atoms with E-state index in [0.717, 1.165) is 41.3 Å². The molecule has 26 heavy (non-hydrogen) atoms. The number of piperazine rings is 1. The van der Waals surface area contributed by atoms with Crippen molar-refractivity contribution in [1.29, 1.82) is 0 Å². The maximum absolute atomic E-state index is 10.6. The Morgan fingerprint density at radius 2 is 2.15 bits per heavy atom. The van der Waals surface area contributed by atoms with Gasteiger partial charge in [0.1, 0.15) is 17.1 Å². The molecule has 0 bridgehead atoms. The Bertz CT molecular complexity index is 938. The van der Waals surface area contributed by atoms with Crippen LogP contribution in [0.1, 0.15) is 0 Å². The van der Waals surface area contributed by atoms with Gasteiger partial charge in [-0.3, -0.25) is 5.10 Å². The summed E-state index contributed by atoms with van der Waals surface area (Å²) in [4.78, 5) is 11.3. The molecule has 0 saturated carbocycles. The normalized spacial score (nSPS) is 22.3. The van der Waals surface area contributed by atoms with E-state index in [1.54, 1.807) is 6.20 Å². The molecule has 5 rings (SSSR count). The second-order valence-electron chi connectivity index (χ2n) is 6.90. The highest BCUT2D eigenvalue weighted by Gasteiger charge is 2.45. The van der Waals surface area contributed by atoms with Crippen LogP contribution in [-0.4, -0.2) is 69.8 Å². The van der Waals surface area contributed by atoms with E-state index in [1.807, 2.05) is 30.3 Å². The molecule has 1 atom stereocenters. The lowest BCUT2D eigenvalue weighted by Crippen LogP contribution is -2.69. The molecule has 2 aliphatic rings. The van der Waals surface area contributed by atoms with Crippen molar-refractivity contribution in [3.63, 3.8) is 0 Å². The van der Waals surface area contributed by atoms with Crippen LogP contribution in [0.3, 0.4) is 0 Å². The first-order chi connectivity index (χ1) is 12.7. The van der Waals surface area contributed by atoms with Crippen LogP contribution in [0.4, 0.5) is 5.82 Å². The molecule has 2 aliphatic heterocycles. The molecule has 3 N–H and O–H groups in total. The number of fused-ring (bicyclic) bond motifs is 1. The quantitative estimate of drug-likeness (QED) is 0.633. The highest BCUT2D eigenvalue weighted by Crippen LogP contribution is 2.28. The highest BCUT2D eigenvalue weighted by atomic mass is 16.5. The van der Waals surface area contributed by atoms with Gasteiger partial charge in [0.05, 0.1) is 24.9 Å². The minimum absolute atomic E-state index is 0.0223. The average molecular weight is 352 g/mol. The van der Waals surface area contributed by atoms with Crippen molar-refractivity contribution in [3.8, 4) is 11.4 Å². The van der Waals surface area contributed by atoms with Gasteiger partial charge in [-0.15, -0.1) is 0 Å². The minimum atomic E-state index is -0.777. The standard InChI is InChI=1S/C18H20N6O2/c25-18(10-26-11-18)14-9-24(8-7-19-14)15-5-1-4-13(21-15)16-12-3-2-6-20-17(12)23-22-16/h1-6,14,19,25H,7-11H2,(H,20,22,23). The first-order valence-corrected chi connectivity index (χ1v) is 8.78. The molecule has 0 spiro atoms. The zero-order chi connectivity index (χ0) is 17.6. The number of hydrogen-bond acceptors (Lipinski definition) is 7. The second kappa shape index (κ2) is 6.01. The van der Waals surface area contributed by atoms with Crippen LogP contribution in [-0.2, 0) is 4.74 Å². The van der Waals surface area contributed by atoms with Gasteiger partial charge in [0.2, 0.25) is 0 Å². The molecule has 3 aromatic heterocycles. The maximum Gasteiger partial charge on any atom is 0.155 e. The minimum Gasteiger partial charge on any atom is -0.383 e. The zero-order valence-electron chi connectivity index (χ0n) is 14.2. The number of pyridine rings is 2. The summed E-state index contributed by atoms with van der Waals surface area (Å²) in [5, 5.41) is 22.3. The van der Waals surface area contributed by atoms with Gasteiger partial charge < -0.3 is 20.1 Å². The van der Waals surface area contributed by atoms with Crippen molar-refractivity contribution in [2.75, 3.05) is 37.7 Å². The van der Waals surface area contributed by atoms with E-state index in [1.165, 1.54) is 0 Å². The molecular formula is C18H20N6O2. The molecule has 2 saturated heterocycles. The lowest BCUT2D eigenvalue weighted by molar-refractivity contribution is -0.194. The van der Waals surface area contributed by atoms with Gasteiger partial charge >= 0.3 is 0 Å². The van der Waals surface area contributed by atoms with Crippen molar-refractivity contribution in [1.82, 2.24) is 25.5 Å². The molecule has 8 nitrogen and oxygen atoms in total. The van der Waals surface area contributed by atoms with Crippen molar-refractivity contribution < 1.29 is 9.84 Å². The second-order valence-corrected chi connectivity index (χ2v) is 6.90. The summed E-state index contributed by atoms with van der Waals surface area (Å²) in [6, 6.07) is 9.81. The Hall–Kier alpha value is -2.55. The first-order valence-electron chi connectivity index (χ1n) is 8.78. The van der Waals surface area contributed by atoms with E-state index in [4.69, 9.17) is 9.72 Å². The number of rotatable bonds is 3. The van der Waals surface area contributed by atoms with Crippen molar-refractivity contribution in [2.24, 2.45) is 0 Å². The Labute approximate surface area is 150 Å². The van der Waals surface area contributed by atoms with E-state index >= 15 is 0 Å². The number of H-pyrrole nitrogens is 1. The lowest BCUT2D eigenvalue weighted by atomic mass is 9.90. The van der Waals surface area contributed by atoms with Crippen LogP contribution >= 0.6 is 0 Å². The Kier molecular flexibility index (Phi) is 3.63. The van der Waals surface area contributed by atoms with E-state index in [-0.39, 0.29) is 6.04 Å². The summed E-state index contributed by atoms with van der Waals surface area (Å²) in [5.74, 6) is 0.887. The summed E-state index contributed by atoms with van der Waals surface area (Å²) < 4.78 is 5.20. The molecule has 0 amide bonds. The van der Waals surface area contributed by atoms with Gasteiger partial charge in [-0.25, -0.2) is 9.97 Å². The average Bonchev–Trinajstić information content (AvgIpc) is 3.10. The van der Waals surface area contributed by atoms with E-state index < -0.39 is 5.60 Å². The van der Waals surface area contributed by atoms with Gasteiger partial charge in [-0.05, 0) is 24.3 Å². The van der Waals surface area contributed by atoms with Crippen molar-refractivity contribution in [2.45, 2.75) is 11.6 Å². The van der Waals surface area contributed by atoms with Crippen LogP contribution in [0.2, 0.25) is 0 Å². The predicted molar refractivity (Wildman–Crippen MR) is 96.9 cm³/mol. The highest BCUT2D eigenvalue weighted by molar-refractivity contribution is 5.89. The van der Waals surface area contributed by atoms with Crippen LogP contribution in [0.5, 0.6) is 0 Å². The largest absolute Gasteiger partial charge is 0.383 e. The Morgan fingerprint density at radius 1 is 1.23 bits per heavy atom. The predicted octanol–water partition coefficient (Wildman–Crippen LogP) is 0.559. The molecule has 1 unspecified atom stereocenters. The molecule has 2 fully saturated rings. The smallest absolute Gasteiger partial charge is 0.155 e. The van der Waals surface area contributed by atoms with Crippen LogP contribution in [0.25, 0.3) is 22.4 Å². The third-order valence-electron chi connectivity index (χ3n) is 5.17. The monoisotopic (exact) mass is 352 g/mol. The Morgan fingerprint density at radius 3 is 3.00 bits per heavy atom. The van der Waals surface area contributed by atoms with Crippen molar-refractivity contribution >= 4 is 16.9 Å². The Balaban J connectivity index is 1.44. The molecule has 5 heterocycles. The third-order valence-corrected chi connectivity index (χ3v) is 5.17. The van der Waals surface area contributed by atoms with Gasteiger partial charge in [0.15, 0.2) is 5.65 Å². The number of anilines is 1. The first kappa shape index (κ1) is 15.7. The molecule has 0 radical (unpaired) electrons. The molecule has 3 aromatic rings. The number of aromatic amines is 1. The van der Waals surface area contributed by atoms with Crippen LogP contribution in [0, 0.1) is 0 Å². The summed E-state index contributed by atoms with van der Waals surface area (Å²) >= 11 is 0. The molecule has 0 aromatic carbocycles. The molecule has 8 heteroatoms. The van der Waals surface area contributed by atoms with Crippen LogP contribution in [0.15, 0.2) is 36.5 Å². The van der Waals surface area contributed by atoms with Crippen LogP contribution < -0.4 is 10.2 Å². The fraction of sp³-hybridized carbons (Fsp3) is 0.389. The zero-order valence-corrected chi connectivity index (χ0v) is 14.2. The summed E-state index contributed by atoms with van der Waals surface area (Å²) in [7, 11) is 0. The topological polar surface area (TPSA) is 99.2 Å². The van der Waals surface area contributed by atoms with Gasteiger partial charge in [-0.1, -0.05) is 6.07 Å². The number of hydrogen-bond donors (Lipinski definition) is 3. The molecule has 0 aliphatic carbocycles. The van der Waals surface area contributed by atoms with Gasteiger partial charge in [0, 0.05) is 31.2 Å². The van der Waals surface area contributed by atoms with E-state index in [0.29, 0.717) is 19.8 Å². The number of nitrogens with zero attached hydrogens (tertiary/aromatic N) is 4.